The maximum atomic E-state index is 12.1. The van der Waals surface area contributed by atoms with Gasteiger partial charge in [0.05, 0.1) is 11.7 Å². The Morgan fingerprint density at radius 2 is 2.00 bits per heavy atom. The van der Waals surface area contributed by atoms with E-state index in [4.69, 9.17) is 4.42 Å². The molecular weight excluding hydrogens is 296 g/mol. The summed E-state index contributed by atoms with van der Waals surface area (Å²) >= 11 is 0. The van der Waals surface area contributed by atoms with Crippen molar-refractivity contribution in [3.05, 3.63) is 46.0 Å². The summed E-state index contributed by atoms with van der Waals surface area (Å²) in [6.45, 7) is 3.58. The van der Waals surface area contributed by atoms with E-state index in [9.17, 15) is 9.59 Å². The van der Waals surface area contributed by atoms with Crippen LogP contribution in [0.15, 0.2) is 27.6 Å². The van der Waals surface area contributed by atoms with Crippen LogP contribution in [0.5, 0.6) is 0 Å². The quantitative estimate of drug-likeness (QED) is 0.932. The highest BCUT2D eigenvalue weighted by atomic mass is 16.3. The Hall–Kier alpha value is -2.44. The monoisotopic (exact) mass is 316 g/mol. The molecule has 1 aliphatic carbocycles. The Morgan fingerprint density at radius 3 is 2.65 bits per heavy atom. The summed E-state index contributed by atoms with van der Waals surface area (Å²) in [5.41, 5.74) is 1.07. The average Bonchev–Trinajstić information content (AvgIpc) is 2.97. The fourth-order valence-corrected chi connectivity index (χ4v) is 2.97. The summed E-state index contributed by atoms with van der Waals surface area (Å²) < 4.78 is 6.63. The first-order valence-corrected chi connectivity index (χ1v) is 7.82. The minimum Gasteiger partial charge on any atom is -0.448 e. The maximum Gasteiger partial charge on any atom is 0.273 e. The Morgan fingerprint density at radius 1 is 1.26 bits per heavy atom. The van der Waals surface area contributed by atoms with E-state index in [0.29, 0.717) is 11.6 Å². The van der Waals surface area contributed by atoms with Crippen molar-refractivity contribution < 1.29 is 9.21 Å². The van der Waals surface area contributed by atoms with E-state index in [-0.39, 0.29) is 23.6 Å². The molecule has 0 saturated heterocycles. The van der Waals surface area contributed by atoms with E-state index >= 15 is 0 Å². The lowest BCUT2D eigenvalue weighted by atomic mass is 9.91. The number of aryl methyl sites for hydroxylation is 2. The molecule has 2 heterocycles. The zero-order chi connectivity index (χ0) is 16.4. The fraction of sp³-hybridized carbons (Fsp3) is 0.500. The number of rotatable bonds is 3. The Balaban J connectivity index is 1.59. The van der Waals surface area contributed by atoms with Gasteiger partial charge in [0.15, 0.2) is 11.6 Å². The number of amides is 1. The van der Waals surface area contributed by atoms with Crippen molar-refractivity contribution in [1.29, 1.82) is 0 Å². The predicted octanol–water partition coefficient (Wildman–Crippen LogP) is 1.76. The van der Waals surface area contributed by atoms with Crippen LogP contribution in [0.2, 0.25) is 0 Å². The number of carbonyl (C=O) groups is 1. The highest BCUT2D eigenvalue weighted by Crippen LogP contribution is 2.27. The first-order valence-electron chi connectivity index (χ1n) is 7.82. The molecule has 0 aliphatic heterocycles. The molecule has 1 amide bonds. The zero-order valence-electron chi connectivity index (χ0n) is 13.3. The van der Waals surface area contributed by atoms with Crippen LogP contribution in [-0.4, -0.2) is 26.7 Å². The van der Waals surface area contributed by atoms with Crippen molar-refractivity contribution in [2.75, 3.05) is 0 Å². The third-order valence-corrected chi connectivity index (χ3v) is 4.19. The van der Waals surface area contributed by atoms with E-state index in [0.717, 1.165) is 31.4 Å². The fourth-order valence-electron chi connectivity index (χ4n) is 2.97. The molecule has 0 atom stereocenters. The summed E-state index contributed by atoms with van der Waals surface area (Å²) in [6.07, 6.45) is 4.63. The molecule has 0 unspecified atom stereocenters. The van der Waals surface area contributed by atoms with Crippen molar-refractivity contribution in [1.82, 2.24) is 20.1 Å². The Kier molecular flexibility index (Phi) is 4.27. The minimum atomic E-state index is -0.212. The number of hydrogen-bond acceptors (Lipinski definition) is 5. The number of aromatic nitrogens is 3. The third-order valence-electron chi connectivity index (χ3n) is 4.19. The van der Waals surface area contributed by atoms with Crippen LogP contribution in [0.1, 0.15) is 53.8 Å². The topological polar surface area (TPSA) is 90.0 Å². The molecule has 1 saturated carbocycles. The standard InChI is InChI=1S/C16H20N4O3/c1-10-3-8-15(21)20(19-10)13-6-4-12(5-7-13)18-16(22)14-9-23-11(2)17-14/h3,8-9,12-13H,4-7H2,1-2H3,(H,18,22). The third kappa shape index (κ3) is 3.49. The van der Waals surface area contributed by atoms with Crippen LogP contribution in [0, 0.1) is 13.8 Å². The summed E-state index contributed by atoms with van der Waals surface area (Å²) in [5.74, 6) is 0.264. The molecule has 2 aromatic rings. The summed E-state index contributed by atoms with van der Waals surface area (Å²) in [4.78, 5) is 28.0. The lowest BCUT2D eigenvalue weighted by Gasteiger charge is -2.29. The van der Waals surface area contributed by atoms with Crippen molar-refractivity contribution in [2.45, 2.75) is 51.6 Å². The van der Waals surface area contributed by atoms with Crippen molar-refractivity contribution >= 4 is 5.91 Å². The van der Waals surface area contributed by atoms with Crippen LogP contribution < -0.4 is 10.9 Å². The molecule has 23 heavy (non-hydrogen) atoms. The summed E-state index contributed by atoms with van der Waals surface area (Å²) in [7, 11) is 0. The molecule has 1 N–H and O–H groups in total. The van der Waals surface area contributed by atoms with Gasteiger partial charge in [-0.3, -0.25) is 9.59 Å². The summed E-state index contributed by atoms with van der Waals surface area (Å²) in [5, 5.41) is 7.30. The lowest BCUT2D eigenvalue weighted by Crippen LogP contribution is -2.39. The second-order valence-corrected chi connectivity index (χ2v) is 5.99. The Labute approximate surface area is 133 Å². The number of hydrogen-bond donors (Lipinski definition) is 1. The molecule has 7 nitrogen and oxygen atoms in total. The molecule has 0 aromatic carbocycles. The molecule has 3 rings (SSSR count). The molecule has 0 spiro atoms. The molecule has 122 valence electrons. The predicted molar refractivity (Wildman–Crippen MR) is 83.2 cm³/mol. The Bertz CT molecular complexity index is 757. The normalized spacial score (nSPS) is 21.1. The van der Waals surface area contributed by atoms with Gasteiger partial charge >= 0.3 is 0 Å². The molecule has 1 fully saturated rings. The van der Waals surface area contributed by atoms with E-state index in [1.54, 1.807) is 23.7 Å². The van der Waals surface area contributed by atoms with Gasteiger partial charge in [-0.2, -0.15) is 5.10 Å². The second kappa shape index (κ2) is 6.36. The van der Waals surface area contributed by atoms with E-state index in [1.165, 1.54) is 6.26 Å². The van der Waals surface area contributed by atoms with Crippen LogP contribution >= 0.6 is 0 Å². The number of nitrogens with one attached hydrogen (secondary N) is 1. The van der Waals surface area contributed by atoms with Crippen LogP contribution in [0.4, 0.5) is 0 Å². The van der Waals surface area contributed by atoms with E-state index in [2.05, 4.69) is 15.4 Å². The number of carbonyl (C=O) groups excluding carboxylic acids is 1. The van der Waals surface area contributed by atoms with Gasteiger partial charge in [-0.25, -0.2) is 9.67 Å². The second-order valence-electron chi connectivity index (χ2n) is 5.99. The zero-order valence-corrected chi connectivity index (χ0v) is 13.3. The van der Waals surface area contributed by atoms with Crippen molar-refractivity contribution in [2.24, 2.45) is 0 Å². The van der Waals surface area contributed by atoms with Gasteiger partial charge in [-0.15, -0.1) is 0 Å². The van der Waals surface area contributed by atoms with Gasteiger partial charge in [0.25, 0.3) is 11.5 Å². The maximum absolute atomic E-state index is 12.1. The van der Waals surface area contributed by atoms with Gasteiger partial charge in [0.1, 0.15) is 6.26 Å². The van der Waals surface area contributed by atoms with Crippen LogP contribution in [0.3, 0.4) is 0 Å². The molecule has 7 heteroatoms. The minimum absolute atomic E-state index is 0.0684. The number of nitrogens with zero attached hydrogens (tertiary/aromatic N) is 3. The van der Waals surface area contributed by atoms with Gasteiger partial charge in [-0.1, -0.05) is 0 Å². The van der Waals surface area contributed by atoms with Crippen molar-refractivity contribution in [3.63, 3.8) is 0 Å². The van der Waals surface area contributed by atoms with Gasteiger partial charge in [0, 0.05) is 19.0 Å². The van der Waals surface area contributed by atoms with Gasteiger partial charge in [0.2, 0.25) is 0 Å². The molecule has 1 aliphatic rings. The highest BCUT2D eigenvalue weighted by molar-refractivity contribution is 5.92. The van der Waals surface area contributed by atoms with Crippen LogP contribution in [-0.2, 0) is 0 Å². The largest absolute Gasteiger partial charge is 0.448 e. The van der Waals surface area contributed by atoms with E-state index in [1.807, 2.05) is 6.92 Å². The SMILES string of the molecule is Cc1ccc(=O)n(C2CCC(NC(=O)c3coc(C)n3)CC2)n1. The molecule has 2 aromatic heterocycles. The highest BCUT2D eigenvalue weighted by Gasteiger charge is 2.25. The van der Waals surface area contributed by atoms with Crippen LogP contribution in [0.25, 0.3) is 0 Å². The summed E-state index contributed by atoms with van der Waals surface area (Å²) in [6, 6.07) is 3.48. The van der Waals surface area contributed by atoms with Gasteiger partial charge < -0.3 is 9.73 Å². The lowest BCUT2D eigenvalue weighted by molar-refractivity contribution is 0.0916. The molecule has 0 bridgehead atoms. The number of oxazole rings is 1. The molecular formula is C16H20N4O3. The molecule has 0 radical (unpaired) electrons. The first-order chi connectivity index (χ1) is 11.0. The van der Waals surface area contributed by atoms with E-state index < -0.39 is 0 Å². The smallest absolute Gasteiger partial charge is 0.273 e. The van der Waals surface area contributed by atoms with Gasteiger partial charge in [-0.05, 0) is 38.7 Å². The first kappa shape index (κ1) is 15.5. The van der Waals surface area contributed by atoms with Crippen molar-refractivity contribution in [3.8, 4) is 0 Å². The average molecular weight is 316 g/mol.